The van der Waals surface area contributed by atoms with Crippen LogP contribution in [0.4, 0.5) is 0 Å². The Morgan fingerprint density at radius 3 is 2.95 bits per heavy atom. The summed E-state index contributed by atoms with van der Waals surface area (Å²) in [4.78, 5) is 16.2. The Morgan fingerprint density at radius 1 is 1.40 bits per heavy atom. The molecule has 1 aromatic carbocycles. The van der Waals surface area contributed by atoms with Crippen LogP contribution in [0.3, 0.4) is 0 Å². The first-order valence-corrected chi connectivity index (χ1v) is 8.38. The Kier molecular flexibility index (Phi) is 3.69. The summed E-state index contributed by atoms with van der Waals surface area (Å²) in [5.74, 6) is 0.112. The number of hydrogen-bond donors (Lipinski definition) is 0. The lowest BCUT2D eigenvalue weighted by Crippen LogP contribution is -2.38. The van der Waals surface area contributed by atoms with E-state index in [0.717, 1.165) is 28.6 Å². The molecule has 2 aromatic rings. The van der Waals surface area contributed by atoms with Crippen LogP contribution >= 0.6 is 27.3 Å². The van der Waals surface area contributed by atoms with E-state index in [9.17, 15) is 4.79 Å². The minimum absolute atomic E-state index is 0.112. The van der Waals surface area contributed by atoms with E-state index in [1.807, 2.05) is 30.0 Å². The number of benzene rings is 1. The van der Waals surface area contributed by atoms with Gasteiger partial charge in [0.15, 0.2) is 0 Å². The van der Waals surface area contributed by atoms with Crippen molar-refractivity contribution in [2.75, 3.05) is 6.54 Å². The first kappa shape index (κ1) is 13.8. The van der Waals surface area contributed by atoms with Crippen molar-refractivity contribution in [3.05, 3.63) is 55.7 Å². The van der Waals surface area contributed by atoms with Gasteiger partial charge in [0.25, 0.3) is 5.91 Å². The maximum atomic E-state index is 12.8. The van der Waals surface area contributed by atoms with Gasteiger partial charge in [-0.25, -0.2) is 0 Å². The van der Waals surface area contributed by atoms with Gasteiger partial charge < -0.3 is 4.90 Å². The van der Waals surface area contributed by atoms with E-state index in [2.05, 4.69) is 34.3 Å². The van der Waals surface area contributed by atoms with Crippen molar-refractivity contribution >= 4 is 33.2 Å². The van der Waals surface area contributed by atoms with Crippen molar-refractivity contribution in [2.24, 2.45) is 0 Å². The number of fused-ring (bicyclic) bond motifs is 1. The van der Waals surface area contributed by atoms with Gasteiger partial charge in [-0.05, 0) is 70.9 Å². The molecule has 1 amide bonds. The maximum Gasteiger partial charge on any atom is 0.255 e. The summed E-state index contributed by atoms with van der Waals surface area (Å²) in [7, 11) is 0. The van der Waals surface area contributed by atoms with Gasteiger partial charge in [0, 0.05) is 15.9 Å². The highest BCUT2D eigenvalue weighted by molar-refractivity contribution is 9.10. The Labute approximate surface area is 131 Å². The Balaban J connectivity index is 1.92. The highest BCUT2D eigenvalue weighted by Gasteiger charge is 2.29. The molecule has 0 radical (unpaired) electrons. The van der Waals surface area contributed by atoms with E-state index < -0.39 is 0 Å². The third-order valence-electron chi connectivity index (χ3n) is 3.89. The van der Waals surface area contributed by atoms with E-state index in [1.54, 1.807) is 11.3 Å². The minimum Gasteiger partial charge on any atom is -0.331 e. The number of halogens is 1. The fraction of sp³-hybridized carbons (Fsp3) is 0.312. The molecule has 1 aliphatic rings. The normalized spacial score (nSPS) is 17.9. The predicted molar refractivity (Wildman–Crippen MR) is 86.4 cm³/mol. The van der Waals surface area contributed by atoms with E-state index in [-0.39, 0.29) is 11.9 Å². The van der Waals surface area contributed by atoms with Crippen LogP contribution in [0.1, 0.15) is 39.3 Å². The summed E-state index contributed by atoms with van der Waals surface area (Å²) in [6.45, 7) is 4.94. The maximum absolute atomic E-state index is 12.8. The van der Waals surface area contributed by atoms with Crippen molar-refractivity contribution in [3.63, 3.8) is 0 Å². The molecule has 0 N–H and O–H groups in total. The standard InChI is InChI=1S/C16H16BrNOS/c1-10-3-4-13(14(17)9-10)16(19)18-7-5-15-12(11(18)2)6-8-20-15/h3-4,6,8-9,11H,5,7H2,1-2H3. The second-order valence-corrected chi connectivity index (χ2v) is 7.06. The number of carbonyl (C=O) groups is 1. The van der Waals surface area contributed by atoms with Crippen LogP contribution in [0.2, 0.25) is 0 Å². The van der Waals surface area contributed by atoms with Gasteiger partial charge in [0.2, 0.25) is 0 Å². The average Bonchev–Trinajstić information content (AvgIpc) is 2.87. The van der Waals surface area contributed by atoms with E-state index in [4.69, 9.17) is 0 Å². The molecule has 1 aromatic heterocycles. The molecular weight excluding hydrogens is 334 g/mol. The van der Waals surface area contributed by atoms with Gasteiger partial charge in [-0.2, -0.15) is 0 Å². The molecule has 0 saturated carbocycles. The number of hydrogen-bond acceptors (Lipinski definition) is 2. The second-order valence-electron chi connectivity index (χ2n) is 5.21. The summed E-state index contributed by atoms with van der Waals surface area (Å²) in [6.07, 6.45) is 0.965. The molecule has 104 valence electrons. The molecule has 0 bridgehead atoms. The zero-order valence-electron chi connectivity index (χ0n) is 11.5. The first-order valence-electron chi connectivity index (χ1n) is 6.71. The first-order chi connectivity index (χ1) is 9.58. The van der Waals surface area contributed by atoms with Gasteiger partial charge in [-0.1, -0.05) is 6.07 Å². The predicted octanol–water partition coefficient (Wildman–Crippen LogP) is 4.58. The van der Waals surface area contributed by atoms with Crippen molar-refractivity contribution in [3.8, 4) is 0 Å². The Bertz CT molecular complexity index is 664. The Hall–Kier alpha value is -1.13. The van der Waals surface area contributed by atoms with Crippen LogP contribution in [-0.2, 0) is 6.42 Å². The quantitative estimate of drug-likeness (QED) is 0.737. The summed E-state index contributed by atoms with van der Waals surface area (Å²) >= 11 is 5.31. The lowest BCUT2D eigenvalue weighted by molar-refractivity contribution is 0.0678. The molecule has 2 nitrogen and oxygen atoms in total. The topological polar surface area (TPSA) is 20.3 Å². The zero-order valence-corrected chi connectivity index (χ0v) is 13.9. The number of rotatable bonds is 1. The van der Waals surface area contributed by atoms with Crippen LogP contribution in [-0.4, -0.2) is 17.4 Å². The summed E-state index contributed by atoms with van der Waals surface area (Å²) in [5, 5.41) is 2.12. The molecule has 3 rings (SSSR count). The molecule has 1 aliphatic heterocycles. The minimum atomic E-state index is 0.112. The molecule has 2 heterocycles. The van der Waals surface area contributed by atoms with E-state index >= 15 is 0 Å². The van der Waals surface area contributed by atoms with Gasteiger partial charge in [-0.15, -0.1) is 11.3 Å². The van der Waals surface area contributed by atoms with Crippen LogP contribution in [0.15, 0.2) is 34.1 Å². The fourth-order valence-electron chi connectivity index (χ4n) is 2.74. The average molecular weight is 350 g/mol. The number of thiophene rings is 1. The number of nitrogens with zero attached hydrogens (tertiary/aromatic N) is 1. The third-order valence-corrected chi connectivity index (χ3v) is 5.55. The van der Waals surface area contributed by atoms with Gasteiger partial charge in [-0.3, -0.25) is 4.79 Å². The van der Waals surface area contributed by atoms with Gasteiger partial charge >= 0.3 is 0 Å². The van der Waals surface area contributed by atoms with E-state index in [0.29, 0.717) is 0 Å². The smallest absolute Gasteiger partial charge is 0.255 e. The van der Waals surface area contributed by atoms with Crippen molar-refractivity contribution < 1.29 is 4.79 Å². The SMILES string of the molecule is Cc1ccc(C(=O)N2CCc3sccc3C2C)c(Br)c1. The molecule has 0 aliphatic carbocycles. The lowest BCUT2D eigenvalue weighted by Gasteiger charge is -2.34. The summed E-state index contributed by atoms with van der Waals surface area (Å²) < 4.78 is 0.880. The lowest BCUT2D eigenvalue weighted by atomic mass is 10.00. The van der Waals surface area contributed by atoms with Gasteiger partial charge in [0.1, 0.15) is 0 Å². The van der Waals surface area contributed by atoms with Gasteiger partial charge in [0.05, 0.1) is 11.6 Å². The third kappa shape index (κ3) is 2.31. The monoisotopic (exact) mass is 349 g/mol. The molecule has 4 heteroatoms. The highest BCUT2D eigenvalue weighted by atomic mass is 79.9. The van der Waals surface area contributed by atoms with Crippen molar-refractivity contribution in [2.45, 2.75) is 26.3 Å². The second kappa shape index (κ2) is 5.34. The molecule has 0 spiro atoms. The van der Waals surface area contributed by atoms with Crippen molar-refractivity contribution in [1.29, 1.82) is 0 Å². The largest absolute Gasteiger partial charge is 0.331 e. The van der Waals surface area contributed by atoms with Crippen LogP contribution in [0.25, 0.3) is 0 Å². The molecule has 1 atom stereocenters. The van der Waals surface area contributed by atoms with E-state index in [1.165, 1.54) is 10.4 Å². The van der Waals surface area contributed by atoms with Crippen LogP contribution < -0.4 is 0 Å². The van der Waals surface area contributed by atoms with Crippen LogP contribution in [0, 0.1) is 6.92 Å². The molecule has 1 unspecified atom stereocenters. The Morgan fingerprint density at radius 2 is 2.20 bits per heavy atom. The number of amides is 1. The molecule has 0 fully saturated rings. The number of carbonyl (C=O) groups excluding carboxylic acids is 1. The van der Waals surface area contributed by atoms with Crippen molar-refractivity contribution in [1.82, 2.24) is 4.90 Å². The molecule has 0 saturated heterocycles. The zero-order chi connectivity index (χ0) is 14.3. The summed E-state index contributed by atoms with van der Waals surface area (Å²) in [5.41, 5.74) is 3.21. The van der Waals surface area contributed by atoms with Crippen LogP contribution in [0.5, 0.6) is 0 Å². The molecular formula is C16H16BrNOS. The molecule has 20 heavy (non-hydrogen) atoms. The highest BCUT2D eigenvalue weighted by Crippen LogP contribution is 2.34. The fourth-order valence-corrected chi connectivity index (χ4v) is 4.36. The number of aryl methyl sites for hydroxylation is 1. The summed E-state index contributed by atoms with van der Waals surface area (Å²) in [6, 6.07) is 8.21.